The van der Waals surface area contributed by atoms with Crippen LogP contribution in [-0.2, 0) is 7.05 Å². The lowest BCUT2D eigenvalue weighted by molar-refractivity contribution is 0.0498. The number of fused-ring (bicyclic) bond motifs is 2. The number of aliphatic hydroxyl groups is 1. The number of aryl methyl sites for hydroxylation is 1. The van der Waals surface area contributed by atoms with E-state index in [0.29, 0.717) is 12.1 Å². The van der Waals surface area contributed by atoms with Crippen LogP contribution in [0, 0.1) is 17.5 Å². The topological polar surface area (TPSA) is 176 Å². The second-order valence-corrected chi connectivity index (χ2v) is 17.6. The van der Waals surface area contributed by atoms with Gasteiger partial charge in [-0.1, -0.05) is 0 Å². The van der Waals surface area contributed by atoms with E-state index in [2.05, 4.69) is 83.8 Å². The maximum absolute atomic E-state index is 15.1. The number of piperidine rings is 2. The van der Waals surface area contributed by atoms with Crippen LogP contribution in [0.1, 0.15) is 86.0 Å². The van der Waals surface area contributed by atoms with Crippen LogP contribution < -0.4 is 26.4 Å². The molecule has 4 aromatic rings. The molecule has 5 atom stereocenters. The molecule has 0 bridgehead atoms. The molecule has 4 aliphatic rings. The molecule has 20 heteroatoms. The lowest BCUT2D eigenvalue weighted by atomic mass is 9.84. The third kappa shape index (κ3) is 9.58. The van der Waals surface area contributed by atoms with Gasteiger partial charge in [0.05, 0.1) is 24.2 Å². The summed E-state index contributed by atoms with van der Waals surface area (Å²) >= 11 is 5.74. The predicted molar refractivity (Wildman–Crippen MR) is 217 cm³/mol. The van der Waals surface area contributed by atoms with Crippen LogP contribution in [0.2, 0.25) is 5.28 Å². The Morgan fingerprint density at radius 2 is 1.46 bits per heavy atom. The standard InChI is InChI=1S/C25H33F2N9O3.C14H20ClFN4/c1-14(37)13-39-21-9-17(26)19(10-20(21)36-24(38)34(4)32-33-36)30-23-28-12-18(27)22(31-23)29-15-8-16-6-5-7-35(16)25(2,3)11-15;1-14(2)7-9(6-10-4-3-5-20(10)14)18-12-11(16)8-17-13(15)19-12/h9-10,12,14-16,37H,5-8,11,13H2,1-4H3,(H2,28,29,30,31);8-10H,3-7H2,1-2H3,(H,17,18,19)/t14-,15-,16+;9-,10+/m11/s1. The van der Waals surface area contributed by atoms with E-state index in [4.69, 9.17) is 16.3 Å². The minimum absolute atomic E-state index is 0.0166. The van der Waals surface area contributed by atoms with Gasteiger partial charge in [0.1, 0.15) is 18.0 Å². The fourth-order valence-electron chi connectivity index (χ4n) is 9.32. The lowest BCUT2D eigenvalue weighted by Gasteiger charge is -2.47. The molecule has 4 saturated heterocycles. The van der Waals surface area contributed by atoms with Gasteiger partial charge >= 0.3 is 5.69 Å². The van der Waals surface area contributed by atoms with Crippen molar-refractivity contribution >= 4 is 34.9 Å². The number of benzene rings is 1. The first-order valence-corrected chi connectivity index (χ1v) is 20.5. The first-order valence-electron chi connectivity index (χ1n) is 20.2. The Hall–Kier alpha value is -4.59. The fourth-order valence-corrected chi connectivity index (χ4v) is 9.45. The Bertz CT molecular complexity index is 2190. The highest BCUT2D eigenvalue weighted by molar-refractivity contribution is 6.28. The van der Waals surface area contributed by atoms with Crippen molar-refractivity contribution in [1.29, 1.82) is 0 Å². The van der Waals surface area contributed by atoms with Crippen molar-refractivity contribution in [1.82, 2.24) is 49.5 Å². The summed E-state index contributed by atoms with van der Waals surface area (Å²) in [5.41, 5.74) is -0.467. The number of aromatic nitrogens is 8. The highest BCUT2D eigenvalue weighted by Gasteiger charge is 2.44. The Balaban J connectivity index is 0.000000221. The summed E-state index contributed by atoms with van der Waals surface area (Å²) in [7, 11) is 1.42. The largest absolute Gasteiger partial charge is 0.489 e. The minimum atomic E-state index is -0.831. The molecule has 8 rings (SSSR count). The second kappa shape index (κ2) is 17.2. The molecule has 0 amide bonds. The van der Waals surface area contributed by atoms with E-state index in [-0.39, 0.29) is 69.8 Å². The highest BCUT2D eigenvalue weighted by Crippen LogP contribution is 2.40. The minimum Gasteiger partial charge on any atom is -0.489 e. The maximum atomic E-state index is 15.1. The lowest BCUT2D eigenvalue weighted by Crippen LogP contribution is -2.55. The van der Waals surface area contributed by atoms with E-state index in [1.807, 2.05) is 0 Å². The van der Waals surface area contributed by atoms with Crippen molar-refractivity contribution in [3.63, 3.8) is 0 Å². The first kappa shape index (κ1) is 42.5. The number of anilines is 4. The summed E-state index contributed by atoms with van der Waals surface area (Å²) in [5.74, 6) is -1.61. The fraction of sp³-hybridized carbons (Fsp3) is 0.615. The molecule has 4 N–H and O–H groups in total. The summed E-state index contributed by atoms with van der Waals surface area (Å²) < 4.78 is 51.1. The molecule has 1 aromatic carbocycles. The van der Waals surface area contributed by atoms with Crippen LogP contribution in [0.3, 0.4) is 0 Å². The Morgan fingerprint density at radius 3 is 2.02 bits per heavy atom. The van der Waals surface area contributed by atoms with Gasteiger partial charge in [-0.25, -0.2) is 27.9 Å². The SMILES string of the molecule is CC1(C)C[C@H](Nc2nc(Cl)ncc2F)C[C@@H]2CCCN21.C[C@@H](O)COc1cc(F)c(Nc2ncc(F)c(N[C@@H]3C[C@@H]4CCCN4C(C)(C)C3)n2)cc1-n1nnn(C)c1=O. The zero-order valence-corrected chi connectivity index (χ0v) is 35.0. The number of rotatable bonds is 10. The first-order chi connectivity index (χ1) is 28.0. The van der Waals surface area contributed by atoms with Gasteiger partial charge in [0.15, 0.2) is 29.1 Å². The van der Waals surface area contributed by atoms with Crippen LogP contribution in [-0.4, -0.2) is 116 Å². The number of ether oxygens (including phenoxy) is 1. The summed E-state index contributed by atoms with van der Waals surface area (Å²) in [4.78, 5) is 33.5. The Kier molecular flexibility index (Phi) is 12.4. The summed E-state index contributed by atoms with van der Waals surface area (Å²) in [6.45, 7) is 12.6. The monoisotopic (exact) mass is 843 g/mol. The molecule has 16 nitrogen and oxygen atoms in total. The van der Waals surface area contributed by atoms with Crippen molar-refractivity contribution in [3.8, 4) is 11.4 Å². The van der Waals surface area contributed by atoms with Gasteiger partial charge in [-0.2, -0.15) is 19.3 Å². The molecule has 59 heavy (non-hydrogen) atoms. The molecule has 3 aromatic heterocycles. The molecule has 320 valence electrons. The quantitative estimate of drug-likeness (QED) is 0.149. The number of halogens is 4. The molecule has 4 aliphatic heterocycles. The van der Waals surface area contributed by atoms with E-state index in [1.165, 1.54) is 39.4 Å². The van der Waals surface area contributed by atoms with Crippen molar-refractivity contribution in [2.45, 2.75) is 127 Å². The van der Waals surface area contributed by atoms with Gasteiger partial charge in [-0.05, 0) is 127 Å². The van der Waals surface area contributed by atoms with Gasteiger partial charge in [-0.15, -0.1) is 0 Å². The Morgan fingerprint density at radius 1 is 0.881 bits per heavy atom. The molecule has 7 heterocycles. The van der Waals surface area contributed by atoms with Crippen LogP contribution in [0.25, 0.3) is 5.69 Å². The summed E-state index contributed by atoms with van der Waals surface area (Å²) in [5, 5.41) is 26.4. The zero-order valence-electron chi connectivity index (χ0n) is 34.2. The average Bonchev–Trinajstić information content (AvgIpc) is 3.93. The predicted octanol–water partition coefficient (Wildman–Crippen LogP) is 5.44. The van der Waals surface area contributed by atoms with Gasteiger partial charge in [-0.3, -0.25) is 9.80 Å². The molecule has 0 saturated carbocycles. The van der Waals surface area contributed by atoms with Crippen molar-refractivity contribution in [3.05, 3.63) is 57.7 Å². The molecule has 0 aliphatic carbocycles. The van der Waals surface area contributed by atoms with Gasteiger partial charge < -0.3 is 25.8 Å². The highest BCUT2D eigenvalue weighted by atomic mass is 35.5. The molecule has 0 radical (unpaired) electrons. The number of aliphatic hydroxyl groups excluding tert-OH is 1. The maximum Gasteiger partial charge on any atom is 0.368 e. The van der Waals surface area contributed by atoms with E-state index in [0.717, 1.165) is 72.9 Å². The van der Waals surface area contributed by atoms with E-state index in [9.17, 15) is 18.7 Å². The van der Waals surface area contributed by atoms with Crippen LogP contribution >= 0.6 is 11.6 Å². The average molecular weight is 844 g/mol. The number of hydrogen-bond acceptors (Lipinski definition) is 14. The number of tetrazole rings is 1. The van der Waals surface area contributed by atoms with Crippen molar-refractivity contribution in [2.24, 2.45) is 7.05 Å². The zero-order chi connectivity index (χ0) is 42.2. The molecular weight excluding hydrogens is 791 g/mol. The molecule has 4 fully saturated rings. The van der Waals surface area contributed by atoms with Crippen molar-refractivity contribution < 1.29 is 23.0 Å². The van der Waals surface area contributed by atoms with E-state index in [1.54, 1.807) is 0 Å². The third-order valence-corrected chi connectivity index (χ3v) is 12.0. The van der Waals surface area contributed by atoms with Gasteiger partial charge in [0, 0.05) is 48.4 Å². The normalized spacial score (nSPS) is 24.1. The smallest absolute Gasteiger partial charge is 0.368 e. The Labute approximate surface area is 345 Å². The molecular formula is C39H53ClF3N13O3. The molecule has 0 unspecified atom stereocenters. The number of hydrogen-bond donors (Lipinski definition) is 4. The third-order valence-electron chi connectivity index (χ3n) is 11.8. The van der Waals surface area contributed by atoms with E-state index >= 15 is 4.39 Å². The summed E-state index contributed by atoms with van der Waals surface area (Å²) in [6.07, 6.45) is 9.80. The van der Waals surface area contributed by atoms with Crippen molar-refractivity contribution in [2.75, 3.05) is 35.6 Å². The molecule has 0 spiro atoms. The van der Waals surface area contributed by atoms with Crippen LogP contribution in [0.15, 0.2) is 29.3 Å². The van der Waals surface area contributed by atoms with Crippen LogP contribution in [0.5, 0.6) is 5.75 Å². The second-order valence-electron chi connectivity index (χ2n) is 17.3. The van der Waals surface area contributed by atoms with E-state index < -0.39 is 29.2 Å². The number of nitrogens with one attached hydrogen (secondary N) is 3. The van der Waals surface area contributed by atoms with Gasteiger partial charge in [0.2, 0.25) is 11.2 Å². The van der Waals surface area contributed by atoms with Gasteiger partial charge in [0.25, 0.3) is 0 Å². The summed E-state index contributed by atoms with van der Waals surface area (Å²) in [6, 6.07) is 3.64. The van der Waals surface area contributed by atoms with Crippen LogP contribution in [0.4, 0.5) is 36.4 Å². The number of nitrogens with zero attached hydrogens (tertiary/aromatic N) is 10.